The summed E-state index contributed by atoms with van der Waals surface area (Å²) < 4.78 is 1.91. The third kappa shape index (κ3) is 2.11. The quantitative estimate of drug-likeness (QED) is 0.891. The molecule has 0 spiro atoms. The molecule has 0 saturated heterocycles. The highest BCUT2D eigenvalue weighted by atomic mass is 15.4. The molecular formula is C14H18N4. The molecule has 18 heavy (non-hydrogen) atoms. The molecule has 1 heterocycles. The van der Waals surface area contributed by atoms with Crippen molar-refractivity contribution in [3.05, 3.63) is 42.1 Å². The molecule has 94 valence electrons. The third-order valence-electron chi connectivity index (χ3n) is 3.47. The Labute approximate surface area is 107 Å². The first-order valence-corrected chi connectivity index (χ1v) is 6.36. The predicted molar refractivity (Wildman–Crippen MR) is 72.9 cm³/mol. The van der Waals surface area contributed by atoms with Crippen molar-refractivity contribution in [3.8, 4) is 5.69 Å². The molecule has 1 saturated carbocycles. The van der Waals surface area contributed by atoms with Crippen LogP contribution in [-0.4, -0.2) is 22.9 Å². The van der Waals surface area contributed by atoms with E-state index in [9.17, 15) is 0 Å². The SMILES string of the molecule is CN(c1ccn(-c2ccc(CN)cc2)n1)C1CC1. The van der Waals surface area contributed by atoms with Gasteiger partial charge >= 0.3 is 0 Å². The van der Waals surface area contributed by atoms with Gasteiger partial charge in [0.25, 0.3) is 0 Å². The largest absolute Gasteiger partial charge is 0.355 e. The van der Waals surface area contributed by atoms with E-state index < -0.39 is 0 Å². The van der Waals surface area contributed by atoms with Crippen molar-refractivity contribution in [2.24, 2.45) is 5.73 Å². The van der Waals surface area contributed by atoms with Gasteiger partial charge < -0.3 is 10.6 Å². The Bertz CT molecular complexity index is 525. The summed E-state index contributed by atoms with van der Waals surface area (Å²) in [6.45, 7) is 0.578. The Morgan fingerprint density at radius 3 is 2.61 bits per heavy atom. The summed E-state index contributed by atoms with van der Waals surface area (Å²) in [6, 6.07) is 10.9. The Balaban J connectivity index is 1.82. The molecule has 0 bridgehead atoms. The van der Waals surface area contributed by atoms with Gasteiger partial charge in [-0.05, 0) is 30.5 Å². The monoisotopic (exact) mass is 242 g/mol. The van der Waals surface area contributed by atoms with Gasteiger partial charge in [-0.2, -0.15) is 5.10 Å². The average Bonchev–Trinajstić information content (AvgIpc) is 3.15. The fourth-order valence-electron chi connectivity index (χ4n) is 2.08. The van der Waals surface area contributed by atoms with Crippen LogP contribution in [0.25, 0.3) is 5.69 Å². The zero-order chi connectivity index (χ0) is 12.5. The topological polar surface area (TPSA) is 47.1 Å². The summed E-state index contributed by atoms with van der Waals surface area (Å²) in [6.07, 6.45) is 4.58. The highest BCUT2D eigenvalue weighted by Gasteiger charge is 2.27. The van der Waals surface area contributed by atoms with Gasteiger partial charge in [0.2, 0.25) is 0 Å². The second kappa shape index (κ2) is 4.46. The normalized spacial score (nSPS) is 14.8. The Morgan fingerprint density at radius 1 is 1.28 bits per heavy atom. The molecule has 4 nitrogen and oxygen atoms in total. The molecule has 2 aromatic rings. The van der Waals surface area contributed by atoms with E-state index in [1.807, 2.05) is 23.0 Å². The highest BCUT2D eigenvalue weighted by molar-refractivity contribution is 5.42. The second-order valence-electron chi connectivity index (χ2n) is 4.83. The summed E-state index contributed by atoms with van der Waals surface area (Å²) in [4.78, 5) is 2.25. The molecule has 1 fully saturated rings. The standard InChI is InChI=1S/C14H18N4/c1-17(12-6-7-12)14-8-9-18(16-14)13-4-2-11(10-15)3-5-13/h2-5,8-9,12H,6-7,10,15H2,1H3. The van der Waals surface area contributed by atoms with E-state index in [0.717, 1.165) is 17.1 Å². The lowest BCUT2D eigenvalue weighted by Crippen LogP contribution is -2.20. The van der Waals surface area contributed by atoms with Gasteiger partial charge in [0, 0.05) is 31.9 Å². The van der Waals surface area contributed by atoms with Crippen LogP contribution in [0.3, 0.4) is 0 Å². The van der Waals surface area contributed by atoms with Crippen LogP contribution in [0.2, 0.25) is 0 Å². The molecule has 0 radical (unpaired) electrons. The van der Waals surface area contributed by atoms with Crippen molar-refractivity contribution in [1.82, 2.24) is 9.78 Å². The van der Waals surface area contributed by atoms with Crippen LogP contribution in [0.5, 0.6) is 0 Å². The van der Waals surface area contributed by atoms with Crippen LogP contribution >= 0.6 is 0 Å². The van der Waals surface area contributed by atoms with E-state index in [4.69, 9.17) is 5.73 Å². The summed E-state index contributed by atoms with van der Waals surface area (Å²) in [5.74, 6) is 1.04. The van der Waals surface area contributed by atoms with E-state index in [1.54, 1.807) is 0 Å². The maximum absolute atomic E-state index is 5.59. The molecule has 1 aliphatic rings. The molecule has 0 atom stereocenters. The predicted octanol–water partition coefficient (Wildman–Crippen LogP) is 1.93. The van der Waals surface area contributed by atoms with Gasteiger partial charge in [-0.3, -0.25) is 0 Å². The minimum Gasteiger partial charge on any atom is -0.355 e. The molecule has 0 aliphatic heterocycles. The summed E-state index contributed by atoms with van der Waals surface area (Å²) in [7, 11) is 2.11. The van der Waals surface area contributed by atoms with Gasteiger partial charge in [-0.1, -0.05) is 12.1 Å². The summed E-state index contributed by atoms with van der Waals surface area (Å²) in [5.41, 5.74) is 7.81. The first-order valence-electron chi connectivity index (χ1n) is 6.36. The van der Waals surface area contributed by atoms with E-state index in [1.165, 1.54) is 12.8 Å². The Hall–Kier alpha value is -1.81. The molecule has 3 rings (SSSR count). The van der Waals surface area contributed by atoms with E-state index in [-0.39, 0.29) is 0 Å². The van der Waals surface area contributed by atoms with Crippen molar-refractivity contribution < 1.29 is 0 Å². The minimum absolute atomic E-state index is 0.578. The van der Waals surface area contributed by atoms with Crippen LogP contribution in [0.15, 0.2) is 36.5 Å². The first-order chi connectivity index (χ1) is 8.78. The maximum Gasteiger partial charge on any atom is 0.151 e. The number of nitrogens with two attached hydrogens (primary N) is 1. The third-order valence-corrected chi connectivity index (χ3v) is 3.47. The van der Waals surface area contributed by atoms with Crippen LogP contribution in [0.1, 0.15) is 18.4 Å². The average molecular weight is 242 g/mol. The molecule has 4 heteroatoms. The summed E-state index contributed by atoms with van der Waals surface area (Å²) in [5, 5.41) is 4.61. The van der Waals surface area contributed by atoms with Crippen molar-refractivity contribution in [2.75, 3.05) is 11.9 Å². The number of anilines is 1. The van der Waals surface area contributed by atoms with Crippen molar-refractivity contribution in [3.63, 3.8) is 0 Å². The number of aromatic nitrogens is 2. The smallest absolute Gasteiger partial charge is 0.151 e. The molecule has 1 aromatic carbocycles. The van der Waals surface area contributed by atoms with Gasteiger partial charge in [-0.25, -0.2) is 4.68 Å². The lowest BCUT2D eigenvalue weighted by Gasteiger charge is -2.14. The number of hydrogen-bond donors (Lipinski definition) is 1. The lowest BCUT2D eigenvalue weighted by molar-refractivity contribution is 0.828. The van der Waals surface area contributed by atoms with E-state index in [0.29, 0.717) is 12.6 Å². The van der Waals surface area contributed by atoms with Crippen LogP contribution in [-0.2, 0) is 6.54 Å². The van der Waals surface area contributed by atoms with Gasteiger partial charge in [0.15, 0.2) is 5.82 Å². The van der Waals surface area contributed by atoms with Crippen LogP contribution in [0.4, 0.5) is 5.82 Å². The second-order valence-corrected chi connectivity index (χ2v) is 4.83. The molecule has 1 aromatic heterocycles. The van der Waals surface area contributed by atoms with Crippen LogP contribution < -0.4 is 10.6 Å². The molecule has 0 amide bonds. The zero-order valence-corrected chi connectivity index (χ0v) is 10.6. The summed E-state index contributed by atoms with van der Waals surface area (Å²) >= 11 is 0. The Kier molecular flexibility index (Phi) is 2.80. The highest BCUT2D eigenvalue weighted by Crippen LogP contribution is 2.29. The zero-order valence-electron chi connectivity index (χ0n) is 10.6. The fraction of sp³-hybridized carbons (Fsp3) is 0.357. The first kappa shape index (κ1) is 11.3. The molecular weight excluding hydrogens is 224 g/mol. The number of nitrogens with zero attached hydrogens (tertiary/aromatic N) is 3. The molecule has 1 aliphatic carbocycles. The number of benzene rings is 1. The van der Waals surface area contributed by atoms with Gasteiger partial charge in [0.1, 0.15) is 0 Å². The number of rotatable bonds is 4. The lowest BCUT2D eigenvalue weighted by atomic mass is 10.2. The maximum atomic E-state index is 5.59. The van der Waals surface area contributed by atoms with Crippen LogP contribution in [0, 0.1) is 0 Å². The van der Waals surface area contributed by atoms with E-state index >= 15 is 0 Å². The van der Waals surface area contributed by atoms with Crippen molar-refractivity contribution >= 4 is 5.82 Å². The van der Waals surface area contributed by atoms with E-state index in [2.05, 4.69) is 35.2 Å². The van der Waals surface area contributed by atoms with Crippen molar-refractivity contribution in [2.45, 2.75) is 25.4 Å². The fourth-order valence-corrected chi connectivity index (χ4v) is 2.08. The Morgan fingerprint density at radius 2 is 2.00 bits per heavy atom. The van der Waals surface area contributed by atoms with Crippen molar-refractivity contribution in [1.29, 1.82) is 0 Å². The van der Waals surface area contributed by atoms with Gasteiger partial charge in [-0.15, -0.1) is 0 Å². The number of hydrogen-bond acceptors (Lipinski definition) is 3. The van der Waals surface area contributed by atoms with Gasteiger partial charge in [0.05, 0.1) is 5.69 Å². The molecule has 0 unspecified atom stereocenters. The molecule has 2 N–H and O–H groups in total. The minimum atomic E-state index is 0.578.